The molecule has 0 unspecified atom stereocenters. The number of hydrogen-bond donors (Lipinski definition) is 1. The van der Waals surface area contributed by atoms with Gasteiger partial charge in [-0.1, -0.05) is 24.3 Å². The standard InChI is InChI=1S/C29H19F3N4O2/c1-17(23-7-3-4-15-34-23)35-27(37)18-9-14-25-22(16-18)26-21(6-5-8-24(26)33-2)28(38)36(25)20-12-10-19(11-13-20)29(30,31)32/h3-17H,1H3,(H,35,37)/t17-/m0/s1. The zero-order valence-corrected chi connectivity index (χ0v) is 20.0. The Labute approximate surface area is 214 Å². The molecule has 188 valence electrons. The molecule has 9 heteroatoms. The number of pyridine rings is 2. The van der Waals surface area contributed by atoms with Gasteiger partial charge in [-0.05, 0) is 66.9 Å². The Morgan fingerprint density at radius 1 is 1.00 bits per heavy atom. The van der Waals surface area contributed by atoms with E-state index in [1.54, 1.807) is 55.6 Å². The highest BCUT2D eigenvalue weighted by Gasteiger charge is 2.30. The minimum absolute atomic E-state index is 0.213. The number of halogens is 3. The van der Waals surface area contributed by atoms with Gasteiger partial charge in [-0.25, -0.2) is 4.85 Å². The average molecular weight is 512 g/mol. The largest absolute Gasteiger partial charge is 0.416 e. The lowest BCUT2D eigenvalue weighted by Crippen LogP contribution is -2.27. The molecule has 6 nitrogen and oxygen atoms in total. The van der Waals surface area contributed by atoms with E-state index in [2.05, 4.69) is 15.1 Å². The highest BCUT2D eigenvalue weighted by atomic mass is 19.4. The van der Waals surface area contributed by atoms with Gasteiger partial charge >= 0.3 is 6.18 Å². The Kier molecular flexibility index (Phi) is 6.17. The molecule has 0 radical (unpaired) electrons. The van der Waals surface area contributed by atoms with Crippen LogP contribution in [-0.2, 0) is 6.18 Å². The normalized spacial score (nSPS) is 12.3. The van der Waals surface area contributed by atoms with E-state index < -0.39 is 17.3 Å². The summed E-state index contributed by atoms with van der Waals surface area (Å²) in [5.41, 5.74) is 0.451. The molecule has 0 saturated carbocycles. The van der Waals surface area contributed by atoms with Gasteiger partial charge in [0, 0.05) is 28.2 Å². The molecule has 1 atom stereocenters. The lowest BCUT2D eigenvalue weighted by atomic mass is 10.0. The van der Waals surface area contributed by atoms with Gasteiger partial charge in [0.2, 0.25) is 0 Å². The van der Waals surface area contributed by atoms with E-state index >= 15 is 0 Å². The number of alkyl halides is 3. The minimum atomic E-state index is -4.52. The maximum absolute atomic E-state index is 13.6. The summed E-state index contributed by atoms with van der Waals surface area (Å²) in [6.07, 6.45) is -2.89. The van der Waals surface area contributed by atoms with Crippen LogP contribution in [-0.4, -0.2) is 15.5 Å². The molecule has 0 aliphatic rings. The van der Waals surface area contributed by atoms with E-state index in [9.17, 15) is 22.8 Å². The third kappa shape index (κ3) is 4.37. The van der Waals surface area contributed by atoms with Crippen LogP contribution in [0.1, 0.15) is 34.6 Å². The second-order valence-corrected chi connectivity index (χ2v) is 8.68. The third-order valence-corrected chi connectivity index (χ3v) is 6.30. The van der Waals surface area contributed by atoms with Crippen LogP contribution in [0, 0.1) is 6.57 Å². The number of nitrogens with zero attached hydrogens (tertiary/aromatic N) is 3. The summed E-state index contributed by atoms with van der Waals surface area (Å²) in [4.78, 5) is 34.5. The number of nitrogens with one attached hydrogen (secondary N) is 1. The first-order valence-electron chi connectivity index (χ1n) is 11.6. The molecule has 0 fully saturated rings. The number of carbonyl (C=O) groups excluding carboxylic acids is 1. The summed E-state index contributed by atoms with van der Waals surface area (Å²) in [7, 11) is 0. The van der Waals surface area contributed by atoms with Gasteiger partial charge in [0.1, 0.15) is 0 Å². The van der Waals surface area contributed by atoms with Crippen LogP contribution in [0.2, 0.25) is 0 Å². The number of rotatable bonds is 4. The monoisotopic (exact) mass is 512 g/mol. The molecule has 0 aliphatic heterocycles. The number of amides is 1. The van der Waals surface area contributed by atoms with Gasteiger partial charge in [-0.3, -0.25) is 19.1 Å². The molecule has 1 amide bonds. The third-order valence-electron chi connectivity index (χ3n) is 6.30. The predicted molar refractivity (Wildman–Crippen MR) is 138 cm³/mol. The van der Waals surface area contributed by atoms with Crippen molar-refractivity contribution in [2.45, 2.75) is 19.1 Å². The lowest BCUT2D eigenvalue weighted by molar-refractivity contribution is -0.137. The Bertz CT molecular complexity index is 1790. The van der Waals surface area contributed by atoms with Crippen LogP contribution < -0.4 is 10.9 Å². The zero-order valence-electron chi connectivity index (χ0n) is 20.0. The van der Waals surface area contributed by atoms with Gasteiger partial charge in [0.15, 0.2) is 5.69 Å². The van der Waals surface area contributed by atoms with E-state index in [1.807, 2.05) is 6.07 Å². The first kappa shape index (κ1) is 24.7. The van der Waals surface area contributed by atoms with Crippen LogP contribution in [0.25, 0.3) is 32.2 Å². The van der Waals surface area contributed by atoms with Crippen LogP contribution in [0.4, 0.5) is 18.9 Å². The van der Waals surface area contributed by atoms with Crippen molar-refractivity contribution in [1.82, 2.24) is 14.9 Å². The second-order valence-electron chi connectivity index (χ2n) is 8.68. The van der Waals surface area contributed by atoms with E-state index in [0.29, 0.717) is 27.5 Å². The molecule has 5 rings (SSSR count). The lowest BCUT2D eigenvalue weighted by Gasteiger charge is -2.17. The quantitative estimate of drug-likeness (QED) is 0.218. The smallest absolute Gasteiger partial charge is 0.344 e. The number of aromatic nitrogens is 2. The maximum atomic E-state index is 13.6. The fraction of sp³-hybridized carbons (Fsp3) is 0.103. The number of hydrogen-bond acceptors (Lipinski definition) is 3. The Morgan fingerprint density at radius 2 is 1.76 bits per heavy atom. The summed E-state index contributed by atoms with van der Waals surface area (Å²) in [6, 6.07) is 18.7. The van der Waals surface area contributed by atoms with E-state index in [4.69, 9.17) is 6.57 Å². The molecule has 2 heterocycles. The van der Waals surface area contributed by atoms with E-state index in [1.165, 1.54) is 22.8 Å². The van der Waals surface area contributed by atoms with Gasteiger partial charge in [0.25, 0.3) is 11.5 Å². The van der Waals surface area contributed by atoms with Gasteiger partial charge in [-0.15, -0.1) is 0 Å². The van der Waals surface area contributed by atoms with Crippen LogP contribution in [0.15, 0.2) is 89.9 Å². The summed E-state index contributed by atoms with van der Waals surface area (Å²) < 4.78 is 40.7. The Hall–Kier alpha value is -4.97. The van der Waals surface area contributed by atoms with E-state index in [0.717, 1.165) is 12.1 Å². The molecule has 0 saturated heterocycles. The molecule has 38 heavy (non-hydrogen) atoms. The van der Waals surface area contributed by atoms with Crippen molar-refractivity contribution in [3.63, 3.8) is 0 Å². The molecule has 0 aliphatic carbocycles. The molecule has 1 N–H and O–H groups in total. The van der Waals surface area contributed by atoms with Crippen molar-refractivity contribution in [3.05, 3.63) is 124 Å². The van der Waals surface area contributed by atoms with Crippen molar-refractivity contribution in [2.75, 3.05) is 0 Å². The molecular formula is C29H19F3N4O2. The summed E-state index contributed by atoms with van der Waals surface area (Å²) in [5, 5.41) is 3.93. The molecule has 5 aromatic rings. The molecule has 0 spiro atoms. The molecule has 0 bridgehead atoms. The van der Waals surface area contributed by atoms with Crippen molar-refractivity contribution in [3.8, 4) is 5.69 Å². The first-order chi connectivity index (χ1) is 18.2. The number of carbonyl (C=O) groups is 1. The molecule has 3 aromatic carbocycles. The summed E-state index contributed by atoms with van der Waals surface area (Å²) >= 11 is 0. The van der Waals surface area contributed by atoms with Crippen molar-refractivity contribution in [1.29, 1.82) is 0 Å². The SMILES string of the molecule is [C-]#[N+]c1cccc2c(=O)n(-c3ccc(C(F)(F)F)cc3)c3ccc(C(=O)N[C@@H](C)c4ccccn4)cc3c12. The second kappa shape index (κ2) is 9.48. The number of benzene rings is 3. The van der Waals surface area contributed by atoms with Crippen LogP contribution in [0.5, 0.6) is 0 Å². The zero-order chi connectivity index (χ0) is 27.0. The summed E-state index contributed by atoms with van der Waals surface area (Å²) in [5.74, 6) is -0.384. The van der Waals surface area contributed by atoms with Gasteiger partial charge in [-0.2, -0.15) is 13.2 Å². The predicted octanol–water partition coefficient (Wildman–Crippen LogP) is 6.60. The highest BCUT2D eigenvalue weighted by Crippen LogP contribution is 2.34. The van der Waals surface area contributed by atoms with Crippen molar-refractivity contribution >= 4 is 33.3 Å². The minimum Gasteiger partial charge on any atom is -0.344 e. The number of fused-ring (bicyclic) bond motifs is 3. The maximum Gasteiger partial charge on any atom is 0.416 e. The van der Waals surface area contributed by atoms with Crippen molar-refractivity contribution < 1.29 is 18.0 Å². The fourth-order valence-electron chi connectivity index (χ4n) is 4.44. The average Bonchev–Trinajstić information content (AvgIpc) is 2.92. The summed E-state index contributed by atoms with van der Waals surface area (Å²) in [6.45, 7) is 9.42. The Morgan fingerprint density at radius 3 is 2.42 bits per heavy atom. The highest BCUT2D eigenvalue weighted by molar-refractivity contribution is 6.14. The van der Waals surface area contributed by atoms with Crippen LogP contribution in [0.3, 0.4) is 0 Å². The first-order valence-corrected chi connectivity index (χ1v) is 11.6. The van der Waals surface area contributed by atoms with Crippen molar-refractivity contribution in [2.24, 2.45) is 0 Å². The molecular weight excluding hydrogens is 493 g/mol. The fourth-order valence-corrected chi connectivity index (χ4v) is 4.44. The van der Waals surface area contributed by atoms with Gasteiger partial charge in [0.05, 0.1) is 29.4 Å². The van der Waals surface area contributed by atoms with E-state index in [-0.39, 0.29) is 28.7 Å². The topological polar surface area (TPSA) is 68.3 Å². The molecule has 2 aromatic heterocycles. The van der Waals surface area contributed by atoms with Crippen LogP contribution >= 0.6 is 0 Å². The van der Waals surface area contributed by atoms with Gasteiger partial charge < -0.3 is 5.32 Å². The Balaban J connectivity index is 1.70.